The molecule has 0 saturated heterocycles. The fraction of sp³-hybridized carbons (Fsp3) is 0.733. The van der Waals surface area contributed by atoms with Crippen LogP contribution in [0.2, 0.25) is 0 Å². The van der Waals surface area contributed by atoms with Crippen LogP contribution in [0.1, 0.15) is 50.3 Å². The molecule has 104 valence electrons. The molecule has 0 fully saturated rings. The van der Waals surface area contributed by atoms with Crippen LogP contribution in [0.15, 0.2) is 12.1 Å². The summed E-state index contributed by atoms with van der Waals surface area (Å²) in [5, 5.41) is 3.43. The van der Waals surface area contributed by atoms with Gasteiger partial charge in [-0.2, -0.15) is 0 Å². The van der Waals surface area contributed by atoms with E-state index in [0.717, 1.165) is 25.7 Å². The summed E-state index contributed by atoms with van der Waals surface area (Å²) in [5.41, 5.74) is 0. The molecule has 0 aromatic carbocycles. The Kier molecular flexibility index (Phi) is 7.56. The third-order valence-corrected chi connectivity index (χ3v) is 3.78. The van der Waals surface area contributed by atoms with Gasteiger partial charge in [-0.25, -0.2) is 0 Å². The first-order valence-electron chi connectivity index (χ1n) is 6.96. The van der Waals surface area contributed by atoms with Gasteiger partial charge in [0.15, 0.2) is 0 Å². The molecule has 0 aliphatic heterocycles. The molecule has 3 heteroatoms. The molecule has 0 unspecified atom stereocenters. The van der Waals surface area contributed by atoms with Crippen LogP contribution in [-0.4, -0.2) is 12.6 Å². The monoisotopic (exact) mass is 269 g/mol. The third-order valence-electron chi connectivity index (χ3n) is 2.72. The lowest BCUT2D eigenvalue weighted by Gasteiger charge is -2.06. The Hall–Kier alpha value is -0.380. The van der Waals surface area contributed by atoms with Crippen molar-refractivity contribution in [3.8, 4) is 0 Å². The maximum atomic E-state index is 5.70. The van der Waals surface area contributed by atoms with Crippen LogP contribution in [0, 0.1) is 5.92 Å². The van der Waals surface area contributed by atoms with E-state index >= 15 is 0 Å². The summed E-state index contributed by atoms with van der Waals surface area (Å²) in [6.07, 6.45) is 2.43. The summed E-state index contributed by atoms with van der Waals surface area (Å²) in [6.45, 7) is 11.5. The van der Waals surface area contributed by atoms with E-state index in [0.29, 0.717) is 6.04 Å². The maximum absolute atomic E-state index is 5.70. The van der Waals surface area contributed by atoms with Gasteiger partial charge >= 0.3 is 0 Å². The number of hydrogen-bond donors (Lipinski definition) is 1. The van der Waals surface area contributed by atoms with Gasteiger partial charge < -0.3 is 10.1 Å². The van der Waals surface area contributed by atoms with Crippen LogP contribution in [0.3, 0.4) is 0 Å². The summed E-state index contributed by atoms with van der Waals surface area (Å²) < 4.78 is 5.70. The van der Waals surface area contributed by atoms with E-state index in [1.54, 1.807) is 0 Å². The summed E-state index contributed by atoms with van der Waals surface area (Å²) in [6, 6.07) is 4.93. The van der Waals surface area contributed by atoms with E-state index in [9.17, 15) is 0 Å². The summed E-state index contributed by atoms with van der Waals surface area (Å²) in [5.74, 6) is 0.782. The molecule has 18 heavy (non-hydrogen) atoms. The van der Waals surface area contributed by atoms with Gasteiger partial charge in [0.05, 0.1) is 6.61 Å². The molecule has 0 spiro atoms. The van der Waals surface area contributed by atoms with Crippen molar-refractivity contribution in [3.05, 3.63) is 21.9 Å². The highest BCUT2D eigenvalue weighted by Gasteiger charge is 2.01. The number of thiophene rings is 1. The molecule has 1 N–H and O–H groups in total. The molecule has 1 aromatic rings. The summed E-state index contributed by atoms with van der Waals surface area (Å²) >= 11 is 1.85. The Bertz CT molecular complexity index is 320. The second kappa shape index (κ2) is 8.68. The molecule has 2 nitrogen and oxygen atoms in total. The van der Waals surface area contributed by atoms with E-state index < -0.39 is 0 Å². The standard InChI is InChI=1S/C15H27NOS/c1-12(2)6-5-9-17-11-15-8-7-14(18-15)10-16-13(3)4/h7-8,12-13,16H,5-6,9-11H2,1-4H3. The largest absolute Gasteiger partial charge is 0.376 e. The highest BCUT2D eigenvalue weighted by atomic mass is 32.1. The highest BCUT2D eigenvalue weighted by molar-refractivity contribution is 7.11. The topological polar surface area (TPSA) is 21.3 Å². The molecular formula is C15H27NOS. The quantitative estimate of drug-likeness (QED) is 0.678. The van der Waals surface area contributed by atoms with Crippen molar-refractivity contribution in [1.82, 2.24) is 5.32 Å². The van der Waals surface area contributed by atoms with Gasteiger partial charge in [-0.05, 0) is 30.9 Å². The van der Waals surface area contributed by atoms with Gasteiger partial charge in [0, 0.05) is 28.9 Å². The number of nitrogens with one attached hydrogen (secondary N) is 1. The fourth-order valence-corrected chi connectivity index (χ4v) is 2.57. The van der Waals surface area contributed by atoms with E-state index in [2.05, 4.69) is 45.1 Å². The zero-order valence-corrected chi connectivity index (χ0v) is 13.0. The first-order valence-corrected chi connectivity index (χ1v) is 7.78. The fourth-order valence-electron chi connectivity index (χ4n) is 1.67. The predicted molar refractivity (Wildman–Crippen MR) is 80.0 cm³/mol. The molecule has 0 atom stereocenters. The first kappa shape index (κ1) is 15.7. The van der Waals surface area contributed by atoms with Crippen LogP contribution in [0.25, 0.3) is 0 Å². The maximum Gasteiger partial charge on any atom is 0.0809 e. The average molecular weight is 269 g/mol. The molecule has 1 rings (SSSR count). The summed E-state index contributed by atoms with van der Waals surface area (Å²) in [7, 11) is 0. The van der Waals surface area contributed by atoms with Crippen molar-refractivity contribution < 1.29 is 4.74 Å². The van der Waals surface area contributed by atoms with E-state index in [-0.39, 0.29) is 0 Å². The van der Waals surface area contributed by atoms with Gasteiger partial charge in [-0.3, -0.25) is 0 Å². The van der Waals surface area contributed by atoms with Crippen molar-refractivity contribution in [2.75, 3.05) is 6.61 Å². The van der Waals surface area contributed by atoms with E-state index in [1.807, 2.05) is 11.3 Å². The Morgan fingerprint density at radius 3 is 2.56 bits per heavy atom. The Labute approximate surface area is 116 Å². The van der Waals surface area contributed by atoms with Crippen LogP contribution in [0.5, 0.6) is 0 Å². The number of hydrogen-bond acceptors (Lipinski definition) is 3. The smallest absolute Gasteiger partial charge is 0.0809 e. The predicted octanol–water partition coefficient (Wildman–Crippen LogP) is 4.20. The lowest BCUT2D eigenvalue weighted by molar-refractivity contribution is 0.117. The minimum absolute atomic E-state index is 0.544. The van der Waals surface area contributed by atoms with Gasteiger partial charge in [0.2, 0.25) is 0 Å². The van der Waals surface area contributed by atoms with Crippen molar-refractivity contribution in [2.45, 2.75) is 59.7 Å². The number of ether oxygens (including phenoxy) is 1. The zero-order valence-electron chi connectivity index (χ0n) is 12.2. The van der Waals surface area contributed by atoms with Crippen LogP contribution >= 0.6 is 11.3 Å². The normalized spacial score (nSPS) is 11.7. The minimum atomic E-state index is 0.544. The molecule has 1 heterocycles. The van der Waals surface area contributed by atoms with Crippen molar-refractivity contribution in [2.24, 2.45) is 5.92 Å². The van der Waals surface area contributed by atoms with Crippen LogP contribution < -0.4 is 5.32 Å². The van der Waals surface area contributed by atoms with E-state index in [1.165, 1.54) is 22.6 Å². The zero-order chi connectivity index (χ0) is 13.4. The molecule has 0 bridgehead atoms. The average Bonchev–Trinajstić information content (AvgIpc) is 2.73. The van der Waals surface area contributed by atoms with Gasteiger partial charge in [-0.15, -0.1) is 11.3 Å². The van der Waals surface area contributed by atoms with Crippen molar-refractivity contribution >= 4 is 11.3 Å². The SMILES string of the molecule is CC(C)CCCOCc1ccc(CNC(C)C)s1. The van der Waals surface area contributed by atoms with Crippen LogP contribution in [0.4, 0.5) is 0 Å². The van der Waals surface area contributed by atoms with E-state index in [4.69, 9.17) is 4.74 Å². The lowest BCUT2D eigenvalue weighted by Crippen LogP contribution is -2.21. The molecule has 0 aliphatic rings. The van der Waals surface area contributed by atoms with Crippen molar-refractivity contribution in [3.63, 3.8) is 0 Å². The third kappa shape index (κ3) is 7.14. The Morgan fingerprint density at radius 1 is 1.17 bits per heavy atom. The molecular weight excluding hydrogens is 242 g/mol. The number of rotatable bonds is 9. The second-order valence-electron chi connectivity index (χ2n) is 5.49. The van der Waals surface area contributed by atoms with Crippen LogP contribution in [-0.2, 0) is 17.9 Å². The van der Waals surface area contributed by atoms with Gasteiger partial charge in [0.1, 0.15) is 0 Å². The molecule has 0 saturated carbocycles. The highest BCUT2D eigenvalue weighted by Crippen LogP contribution is 2.17. The molecule has 1 aromatic heterocycles. The Morgan fingerprint density at radius 2 is 1.89 bits per heavy atom. The molecule has 0 aliphatic carbocycles. The minimum Gasteiger partial charge on any atom is -0.376 e. The van der Waals surface area contributed by atoms with Gasteiger partial charge in [0.25, 0.3) is 0 Å². The molecule has 0 amide bonds. The second-order valence-corrected chi connectivity index (χ2v) is 6.75. The Balaban J connectivity index is 2.15. The first-order chi connectivity index (χ1) is 8.58. The van der Waals surface area contributed by atoms with Crippen molar-refractivity contribution in [1.29, 1.82) is 0 Å². The summed E-state index contributed by atoms with van der Waals surface area (Å²) in [4.78, 5) is 2.73. The van der Waals surface area contributed by atoms with Gasteiger partial charge in [-0.1, -0.05) is 27.7 Å². The lowest BCUT2D eigenvalue weighted by atomic mass is 10.1. The molecule has 0 radical (unpaired) electrons.